The Kier molecular flexibility index (Phi) is 8.97. The van der Waals surface area contributed by atoms with E-state index >= 15 is 0 Å². The average Bonchev–Trinajstić information content (AvgIpc) is 3.58. The maximum absolute atomic E-state index is 12.0. The summed E-state index contributed by atoms with van der Waals surface area (Å²) >= 11 is 0. The summed E-state index contributed by atoms with van der Waals surface area (Å²) in [5.41, 5.74) is 14.1. The molecule has 0 saturated carbocycles. The molecular formula is C50H46N4O. The number of para-hydroxylation sites is 2. The molecular weight excluding hydrogens is 673 g/mol. The van der Waals surface area contributed by atoms with Crippen molar-refractivity contribution in [2.75, 3.05) is 0 Å². The van der Waals surface area contributed by atoms with Gasteiger partial charge in [-0.2, -0.15) is 0 Å². The Morgan fingerprint density at radius 2 is 1.16 bits per heavy atom. The van der Waals surface area contributed by atoms with E-state index < -0.39 is 0 Å². The summed E-state index contributed by atoms with van der Waals surface area (Å²) in [4.78, 5) is 15.4. The van der Waals surface area contributed by atoms with Gasteiger partial charge in [-0.05, 0) is 82.1 Å². The van der Waals surface area contributed by atoms with Crippen molar-refractivity contribution >= 4 is 11.0 Å². The Hall–Kier alpha value is -6.33. The van der Waals surface area contributed by atoms with E-state index in [2.05, 4.69) is 168 Å². The molecule has 0 atom stereocenters. The molecule has 0 unspecified atom stereocenters. The van der Waals surface area contributed by atoms with Crippen LogP contribution < -0.4 is 0 Å². The minimum atomic E-state index is -0.313. The van der Waals surface area contributed by atoms with Gasteiger partial charge in [0.1, 0.15) is 11.4 Å². The van der Waals surface area contributed by atoms with Gasteiger partial charge in [-0.3, -0.25) is 9.55 Å². The molecule has 8 aromatic rings. The van der Waals surface area contributed by atoms with Gasteiger partial charge in [0.15, 0.2) is 5.82 Å². The van der Waals surface area contributed by atoms with Crippen molar-refractivity contribution in [3.05, 3.63) is 163 Å². The van der Waals surface area contributed by atoms with Crippen LogP contribution in [0.25, 0.3) is 72.9 Å². The van der Waals surface area contributed by atoms with Crippen LogP contribution in [0.15, 0.2) is 146 Å². The summed E-state index contributed by atoms with van der Waals surface area (Å²) < 4.78 is 2.13. The molecule has 3 aromatic heterocycles. The second-order valence-electron chi connectivity index (χ2n) is 16.4. The molecule has 55 heavy (non-hydrogen) atoms. The van der Waals surface area contributed by atoms with Gasteiger partial charge < -0.3 is 5.11 Å². The first-order valence-corrected chi connectivity index (χ1v) is 18.9. The van der Waals surface area contributed by atoms with Crippen LogP contribution in [0.4, 0.5) is 0 Å². The number of rotatable bonds is 6. The molecule has 0 aliphatic rings. The fourth-order valence-electron chi connectivity index (χ4n) is 7.29. The third-order valence-electron chi connectivity index (χ3n) is 10.4. The number of benzene rings is 5. The summed E-state index contributed by atoms with van der Waals surface area (Å²) in [5, 5.41) is 12.0. The fourth-order valence-corrected chi connectivity index (χ4v) is 7.29. The van der Waals surface area contributed by atoms with Crippen molar-refractivity contribution in [1.82, 2.24) is 19.5 Å². The number of aryl methyl sites for hydroxylation is 1. The van der Waals surface area contributed by atoms with Crippen molar-refractivity contribution in [3.8, 4) is 67.6 Å². The van der Waals surface area contributed by atoms with E-state index in [9.17, 15) is 5.11 Å². The molecule has 0 aliphatic heterocycles. The molecule has 0 spiro atoms. The number of hydrogen-bond donors (Lipinski definition) is 1. The monoisotopic (exact) mass is 718 g/mol. The quantitative estimate of drug-likeness (QED) is 0.186. The average molecular weight is 719 g/mol. The molecule has 1 N–H and O–H groups in total. The van der Waals surface area contributed by atoms with Crippen LogP contribution in [-0.4, -0.2) is 24.6 Å². The first-order valence-electron chi connectivity index (χ1n) is 18.9. The Labute approximate surface area is 324 Å². The topological polar surface area (TPSA) is 63.8 Å². The fraction of sp³-hybridized carbons (Fsp3) is 0.180. The van der Waals surface area contributed by atoms with Crippen molar-refractivity contribution in [2.24, 2.45) is 0 Å². The zero-order valence-electron chi connectivity index (χ0n) is 32.6. The highest BCUT2D eigenvalue weighted by Gasteiger charge is 2.30. The molecule has 3 heterocycles. The van der Waals surface area contributed by atoms with Gasteiger partial charge in [-0.1, -0.05) is 145 Å². The standard InChI is InChI=1S/C50H46N4O/c1-32-31-51-42(29-40(32)35-26-24-34(25-27-35)33-16-10-8-11-17-33)37-19-14-18-36(28-37)39-22-15-23-43-45(39)53-48(54(43)38-20-12-9-13-21-38)46-47(55)41(49(2,3)4)30-44(52-46)50(5,6)7/h8-31,55H,1-7H3. The maximum Gasteiger partial charge on any atom is 0.168 e. The highest BCUT2D eigenvalue weighted by Crippen LogP contribution is 2.43. The predicted molar refractivity (Wildman–Crippen MR) is 228 cm³/mol. The van der Waals surface area contributed by atoms with Crippen LogP contribution in [0, 0.1) is 6.92 Å². The van der Waals surface area contributed by atoms with Gasteiger partial charge in [0.25, 0.3) is 0 Å². The molecule has 5 nitrogen and oxygen atoms in total. The number of fused-ring (bicyclic) bond motifs is 1. The van der Waals surface area contributed by atoms with Gasteiger partial charge >= 0.3 is 0 Å². The first-order chi connectivity index (χ1) is 26.4. The summed E-state index contributed by atoms with van der Waals surface area (Å²) in [6.07, 6.45) is 1.97. The Bertz CT molecular complexity index is 2660. The SMILES string of the molecule is Cc1cnc(-c2cccc(-c3cccc4c3nc(-c3nc(C(C)(C)C)cc(C(C)(C)C)c3O)n4-c3ccccc3)c2)cc1-c1ccc(-c2ccccc2)cc1. The second kappa shape index (κ2) is 13.8. The van der Waals surface area contributed by atoms with Crippen molar-refractivity contribution < 1.29 is 5.11 Å². The van der Waals surface area contributed by atoms with E-state index in [0.29, 0.717) is 11.5 Å². The zero-order valence-corrected chi connectivity index (χ0v) is 32.6. The Morgan fingerprint density at radius 3 is 1.85 bits per heavy atom. The van der Waals surface area contributed by atoms with E-state index in [1.807, 2.05) is 30.5 Å². The third kappa shape index (κ3) is 6.83. The molecule has 5 aromatic carbocycles. The van der Waals surface area contributed by atoms with Gasteiger partial charge in [-0.15, -0.1) is 0 Å². The molecule has 0 saturated heterocycles. The van der Waals surface area contributed by atoms with Crippen LogP contribution in [0.3, 0.4) is 0 Å². The highest BCUT2D eigenvalue weighted by molar-refractivity contribution is 5.96. The molecule has 0 aliphatic carbocycles. The van der Waals surface area contributed by atoms with Gasteiger partial charge in [-0.25, -0.2) is 9.97 Å². The molecule has 0 bridgehead atoms. The third-order valence-corrected chi connectivity index (χ3v) is 10.4. The summed E-state index contributed by atoms with van der Waals surface area (Å²) in [5.74, 6) is 0.759. The summed E-state index contributed by atoms with van der Waals surface area (Å²) in [6.45, 7) is 14.9. The lowest BCUT2D eigenvalue weighted by atomic mass is 9.82. The largest absolute Gasteiger partial charge is 0.505 e. The summed E-state index contributed by atoms with van der Waals surface area (Å²) in [6, 6.07) is 48.5. The van der Waals surface area contributed by atoms with Gasteiger partial charge in [0.2, 0.25) is 0 Å². The van der Waals surface area contributed by atoms with E-state index in [4.69, 9.17) is 15.0 Å². The number of aromatic hydroxyl groups is 1. The molecule has 5 heteroatoms. The normalized spacial score (nSPS) is 12.0. The minimum Gasteiger partial charge on any atom is -0.505 e. The van der Waals surface area contributed by atoms with Gasteiger partial charge in [0.05, 0.1) is 16.7 Å². The van der Waals surface area contributed by atoms with Gasteiger partial charge in [0, 0.05) is 39.7 Å². The smallest absolute Gasteiger partial charge is 0.168 e. The van der Waals surface area contributed by atoms with Crippen molar-refractivity contribution in [2.45, 2.75) is 59.3 Å². The maximum atomic E-state index is 12.0. The highest BCUT2D eigenvalue weighted by atomic mass is 16.3. The molecule has 0 radical (unpaired) electrons. The van der Waals surface area contributed by atoms with E-state index in [1.165, 1.54) is 11.1 Å². The lowest BCUT2D eigenvalue weighted by molar-refractivity contribution is 0.441. The predicted octanol–water partition coefficient (Wildman–Crippen LogP) is 12.8. The van der Waals surface area contributed by atoms with Crippen LogP contribution in [-0.2, 0) is 10.8 Å². The number of pyridine rings is 2. The van der Waals surface area contributed by atoms with E-state index in [0.717, 1.165) is 67.1 Å². The number of imidazole rings is 1. The lowest BCUT2D eigenvalue weighted by Crippen LogP contribution is -2.19. The summed E-state index contributed by atoms with van der Waals surface area (Å²) in [7, 11) is 0. The molecule has 8 rings (SSSR count). The van der Waals surface area contributed by atoms with Crippen LogP contribution >= 0.6 is 0 Å². The van der Waals surface area contributed by atoms with E-state index in [1.54, 1.807) is 0 Å². The van der Waals surface area contributed by atoms with Crippen LogP contribution in [0.1, 0.15) is 58.4 Å². The second-order valence-corrected chi connectivity index (χ2v) is 16.4. The van der Waals surface area contributed by atoms with Crippen molar-refractivity contribution in [3.63, 3.8) is 0 Å². The van der Waals surface area contributed by atoms with Crippen molar-refractivity contribution in [1.29, 1.82) is 0 Å². The number of hydrogen-bond acceptors (Lipinski definition) is 4. The van der Waals surface area contributed by atoms with E-state index in [-0.39, 0.29) is 16.6 Å². The minimum absolute atomic E-state index is 0.160. The lowest BCUT2D eigenvalue weighted by Gasteiger charge is -2.26. The molecule has 0 fully saturated rings. The molecule has 272 valence electrons. The zero-order chi connectivity index (χ0) is 38.5. The number of nitrogens with zero attached hydrogens (tertiary/aromatic N) is 4. The van der Waals surface area contributed by atoms with Crippen LogP contribution in [0.2, 0.25) is 0 Å². The first kappa shape index (κ1) is 35.7. The Morgan fingerprint density at radius 1 is 0.545 bits per heavy atom. The van der Waals surface area contributed by atoms with Crippen LogP contribution in [0.5, 0.6) is 5.75 Å². The molecule has 0 amide bonds. The Balaban J connectivity index is 1.26. The number of aromatic nitrogens is 4.